The molecule has 0 saturated heterocycles. The lowest BCUT2D eigenvalue weighted by Gasteiger charge is -1.96. The van der Waals surface area contributed by atoms with Crippen LogP contribution in [0, 0.1) is 0 Å². The number of phenols is 1. The first-order valence-electron chi connectivity index (χ1n) is 4.62. The van der Waals surface area contributed by atoms with E-state index in [0.717, 1.165) is 24.9 Å². The van der Waals surface area contributed by atoms with Gasteiger partial charge in [0.1, 0.15) is 5.75 Å². The Kier molecular flexibility index (Phi) is 4.03. The molecule has 0 saturated carbocycles. The molecule has 0 radical (unpaired) electrons. The van der Waals surface area contributed by atoms with E-state index >= 15 is 0 Å². The molecule has 0 amide bonds. The van der Waals surface area contributed by atoms with Gasteiger partial charge in [0.05, 0.1) is 0 Å². The monoisotopic (exact) mass is 177 g/mol. The van der Waals surface area contributed by atoms with Crippen LogP contribution in [-0.2, 0) is 0 Å². The quantitative estimate of drug-likeness (QED) is 0.556. The van der Waals surface area contributed by atoms with E-state index in [2.05, 4.69) is 11.9 Å². The lowest BCUT2D eigenvalue weighted by molar-refractivity contribution is 0.474. The summed E-state index contributed by atoms with van der Waals surface area (Å²) in [6.07, 6.45) is 3.98. The second-order valence-electron chi connectivity index (χ2n) is 2.95. The summed E-state index contributed by atoms with van der Waals surface area (Å²) < 4.78 is 0. The van der Waals surface area contributed by atoms with E-state index in [1.54, 1.807) is 18.3 Å². The molecule has 0 heterocycles. The van der Waals surface area contributed by atoms with E-state index in [0.29, 0.717) is 5.75 Å². The third-order valence-electron chi connectivity index (χ3n) is 1.81. The first-order valence-corrected chi connectivity index (χ1v) is 4.62. The van der Waals surface area contributed by atoms with Crippen molar-refractivity contribution in [3.8, 4) is 5.75 Å². The lowest BCUT2D eigenvalue weighted by atomic mass is 10.2. The normalized spacial score (nSPS) is 10.8. The molecule has 0 fully saturated rings. The van der Waals surface area contributed by atoms with E-state index in [4.69, 9.17) is 0 Å². The number of aromatic hydroxyl groups is 1. The van der Waals surface area contributed by atoms with Gasteiger partial charge in [-0.25, -0.2) is 0 Å². The standard InChI is InChI=1S/C11H15NO/c1-2-3-8-12-9-10-6-4-5-7-11(10)13/h4-7,9,13H,2-3,8H2,1H3/b12-9+. The van der Waals surface area contributed by atoms with Crippen LogP contribution < -0.4 is 0 Å². The molecule has 1 rings (SSSR count). The van der Waals surface area contributed by atoms with Gasteiger partial charge in [-0.05, 0) is 18.6 Å². The molecule has 0 spiro atoms. The van der Waals surface area contributed by atoms with Crippen molar-refractivity contribution in [1.29, 1.82) is 0 Å². The van der Waals surface area contributed by atoms with Crippen LogP contribution in [0.3, 0.4) is 0 Å². The van der Waals surface area contributed by atoms with E-state index in [1.807, 2.05) is 12.1 Å². The molecule has 1 N–H and O–H groups in total. The summed E-state index contributed by atoms with van der Waals surface area (Å²) in [6, 6.07) is 7.21. The Morgan fingerprint density at radius 1 is 1.38 bits per heavy atom. The van der Waals surface area contributed by atoms with Crippen LogP contribution in [0.15, 0.2) is 29.3 Å². The molecule has 0 atom stereocenters. The van der Waals surface area contributed by atoms with Crippen molar-refractivity contribution in [1.82, 2.24) is 0 Å². The van der Waals surface area contributed by atoms with Crippen LogP contribution >= 0.6 is 0 Å². The zero-order chi connectivity index (χ0) is 9.52. The van der Waals surface area contributed by atoms with Crippen molar-refractivity contribution in [2.45, 2.75) is 19.8 Å². The Hall–Kier alpha value is -1.31. The summed E-state index contributed by atoms with van der Waals surface area (Å²) >= 11 is 0. The van der Waals surface area contributed by atoms with Gasteiger partial charge >= 0.3 is 0 Å². The van der Waals surface area contributed by atoms with Crippen LogP contribution in [-0.4, -0.2) is 17.9 Å². The minimum atomic E-state index is 0.294. The second-order valence-corrected chi connectivity index (χ2v) is 2.95. The van der Waals surface area contributed by atoms with E-state index in [9.17, 15) is 5.11 Å². The number of para-hydroxylation sites is 1. The summed E-state index contributed by atoms with van der Waals surface area (Å²) in [5.41, 5.74) is 0.790. The molecule has 0 aromatic heterocycles. The summed E-state index contributed by atoms with van der Waals surface area (Å²) in [5.74, 6) is 0.294. The summed E-state index contributed by atoms with van der Waals surface area (Å²) in [4.78, 5) is 4.21. The van der Waals surface area contributed by atoms with Gasteiger partial charge in [-0.3, -0.25) is 4.99 Å². The van der Waals surface area contributed by atoms with Crippen molar-refractivity contribution in [2.24, 2.45) is 4.99 Å². The zero-order valence-corrected chi connectivity index (χ0v) is 7.90. The minimum Gasteiger partial charge on any atom is -0.507 e. The van der Waals surface area contributed by atoms with Crippen LogP contribution in [0.5, 0.6) is 5.75 Å². The van der Waals surface area contributed by atoms with Crippen LogP contribution in [0.4, 0.5) is 0 Å². The first-order chi connectivity index (χ1) is 6.34. The Bertz CT molecular complexity index is 281. The number of hydrogen-bond acceptors (Lipinski definition) is 2. The molecular formula is C11H15NO. The third-order valence-corrected chi connectivity index (χ3v) is 1.81. The molecule has 70 valence electrons. The molecule has 0 aliphatic rings. The van der Waals surface area contributed by atoms with Gasteiger partial charge in [-0.15, -0.1) is 0 Å². The molecule has 0 aliphatic carbocycles. The number of benzene rings is 1. The SMILES string of the molecule is CCCC/N=C/c1ccccc1O. The molecule has 13 heavy (non-hydrogen) atoms. The Labute approximate surface area is 78.9 Å². The van der Waals surface area contributed by atoms with Gasteiger partial charge < -0.3 is 5.11 Å². The van der Waals surface area contributed by atoms with Crippen molar-refractivity contribution < 1.29 is 5.11 Å². The molecular weight excluding hydrogens is 162 g/mol. The largest absolute Gasteiger partial charge is 0.507 e. The molecule has 0 aliphatic heterocycles. The van der Waals surface area contributed by atoms with Crippen molar-refractivity contribution in [3.63, 3.8) is 0 Å². The van der Waals surface area contributed by atoms with Gasteiger partial charge in [0, 0.05) is 18.3 Å². The smallest absolute Gasteiger partial charge is 0.124 e. The average Bonchev–Trinajstić information content (AvgIpc) is 2.15. The topological polar surface area (TPSA) is 32.6 Å². The number of hydrogen-bond donors (Lipinski definition) is 1. The maximum atomic E-state index is 9.38. The maximum absolute atomic E-state index is 9.38. The highest BCUT2D eigenvalue weighted by molar-refractivity contribution is 5.83. The average molecular weight is 177 g/mol. The third kappa shape index (κ3) is 3.28. The maximum Gasteiger partial charge on any atom is 0.124 e. The van der Waals surface area contributed by atoms with Gasteiger partial charge in [0.2, 0.25) is 0 Å². The number of rotatable bonds is 4. The fraction of sp³-hybridized carbons (Fsp3) is 0.364. The summed E-state index contributed by atoms with van der Waals surface area (Å²) in [7, 11) is 0. The molecule has 2 nitrogen and oxygen atoms in total. The van der Waals surface area contributed by atoms with Gasteiger partial charge in [0.25, 0.3) is 0 Å². The van der Waals surface area contributed by atoms with Crippen molar-refractivity contribution in [3.05, 3.63) is 29.8 Å². The molecule has 0 bridgehead atoms. The van der Waals surface area contributed by atoms with E-state index in [1.165, 1.54) is 0 Å². The predicted octanol–water partition coefficient (Wildman–Crippen LogP) is 2.61. The molecule has 1 aromatic carbocycles. The first kappa shape index (κ1) is 9.78. The van der Waals surface area contributed by atoms with E-state index in [-0.39, 0.29) is 0 Å². The summed E-state index contributed by atoms with van der Waals surface area (Å²) in [6.45, 7) is 2.97. The van der Waals surface area contributed by atoms with Crippen molar-refractivity contribution in [2.75, 3.05) is 6.54 Å². The second kappa shape index (κ2) is 5.36. The molecule has 2 heteroatoms. The van der Waals surface area contributed by atoms with Crippen LogP contribution in [0.2, 0.25) is 0 Å². The zero-order valence-electron chi connectivity index (χ0n) is 7.90. The number of nitrogens with zero attached hydrogens (tertiary/aromatic N) is 1. The molecule has 1 aromatic rings. The van der Waals surface area contributed by atoms with Crippen LogP contribution in [0.25, 0.3) is 0 Å². The highest BCUT2D eigenvalue weighted by Gasteiger charge is 1.93. The number of phenolic OH excluding ortho intramolecular Hbond substituents is 1. The number of aliphatic imine (C=N–C) groups is 1. The minimum absolute atomic E-state index is 0.294. The fourth-order valence-corrected chi connectivity index (χ4v) is 1.01. The van der Waals surface area contributed by atoms with Crippen LogP contribution in [0.1, 0.15) is 25.3 Å². The lowest BCUT2D eigenvalue weighted by Crippen LogP contribution is -1.84. The van der Waals surface area contributed by atoms with E-state index < -0.39 is 0 Å². The Balaban J connectivity index is 2.53. The Morgan fingerprint density at radius 3 is 2.85 bits per heavy atom. The Morgan fingerprint density at radius 2 is 2.15 bits per heavy atom. The van der Waals surface area contributed by atoms with Crippen molar-refractivity contribution >= 4 is 6.21 Å². The van der Waals surface area contributed by atoms with Gasteiger partial charge in [-0.2, -0.15) is 0 Å². The van der Waals surface area contributed by atoms with Gasteiger partial charge in [-0.1, -0.05) is 25.5 Å². The highest BCUT2D eigenvalue weighted by atomic mass is 16.3. The molecule has 0 unspecified atom stereocenters. The predicted molar refractivity (Wildman–Crippen MR) is 55.5 cm³/mol. The fourth-order valence-electron chi connectivity index (χ4n) is 1.01. The highest BCUT2D eigenvalue weighted by Crippen LogP contribution is 2.12. The van der Waals surface area contributed by atoms with Gasteiger partial charge in [0.15, 0.2) is 0 Å². The number of unbranched alkanes of at least 4 members (excludes halogenated alkanes) is 1. The summed E-state index contributed by atoms with van der Waals surface area (Å²) in [5, 5.41) is 9.38.